The van der Waals surface area contributed by atoms with Crippen molar-refractivity contribution in [3.05, 3.63) is 22.4 Å². The fourth-order valence-electron chi connectivity index (χ4n) is 3.32. The standard InChI is InChI=1S/C15H19BrN2O2/c16-14-5-4-13-12(17-14)10-19-15(20-13)6-8-18(9-7-15)11-2-1-3-11/h4-5,11H,1-3,6-10H2. The molecule has 1 aliphatic carbocycles. The Kier molecular flexibility index (Phi) is 3.24. The Hall–Kier alpha value is -0.650. The maximum atomic E-state index is 6.16. The van der Waals surface area contributed by atoms with Crippen LogP contribution in [0.2, 0.25) is 0 Å². The van der Waals surface area contributed by atoms with Crippen LogP contribution in [0.4, 0.5) is 0 Å². The van der Waals surface area contributed by atoms with Crippen LogP contribution in [0.5, 0.6) is 5.75 Å². The number of rotatable bonds is 1. The van der Waals surface area contributed by atoms with Gasteiger partial charge in [-0.05, 0) is 40.9 Å². The topological polar surface area (TPSA) is 34.6 Å². The van der Waals surface area contributed by atoms with Gasteiger partial charge in [-0.2, -0.15) is 0 Å². The van der Waals surface area contributed by atoms with Gasteiger partial charge in [-0.25, -0.2) is 4.98 Å². The molecule has 1 aromatic heterocycles. The van der Waals surface area contributed by atoms with E-state index in [1.165, 1.54) is 19.3 Å². The van der Waals surface area contributed by atoms with Gasteiger partial charge in [-0.1, -0.05) is 6.42 Å². The molecular weight excluding hydrogens is 320 g/mol. The minimum Gasteiger partial charge on any atom is -0.460 e. The molecule has 4 nitrogen and oxygen atoms in total. The molecule has 20 heavy (non-hydrogen) atoms. The summed E-state index contributed by atoms with van der Waals surface area (Å²) in [6, 6.07) is 4.75. The SMILES string of the molecule is Brc1ccc2c(n1)COC1(CCN(C3CCC3)CC1)O2. The molecule has 2 fully saturated rings. The quantitative estimate of drug-likeness (QED) is 0.737. The molecule has 1 saturated heterocycles. The summed E-state index contributed by atoms with van der Waals surface area (Å²) in [7, 11) is 0. The molecule has 3 heterocycles. The second-order valence-electron chi connectivity index (χ2n) is 6.00. The molecule has 0 atom stereocenters. The second kappa shape index (κ2) is 4.97. The molecule has 108 valence electrons. The monoisotopic (exact) mass is 338 g/mol. The van der Waals surface area contributed by atoms with E-state index in [1.807, 2.05) is 12.1 Å². The van der Waals surface area contributed by atoms with Crippen LogP contribution >= 0.6 is 15.9 Å². The van der Waals surface area contributed by atoms with E-state index >= 15 is 0 Å². The Morgan fingerprint density at radius 2 is 2.05 bits per heavy atom. The summed E-state index contributed by atoms with van der Waals surface area (Å²) >= 11 is 3.39. The van der Waals surface area contributed by atoms with Crippen molar-refractivity contribution in [1.82, 2.24) is 9.88 Å². The number of piperidine rings is 1. The maximum absolute atomic E-state index is 6.16. The van der Waals surface area contributed by atoms with E-state index in [0.29, 0.717) is 6.61 Å². The van der Waals surface area contributed by atoms with Gasteiger partial charge in [0.2, 0.25) is 5.79 Å². The molecule has 0 amide bonds. The fourth-order valence-corrected chi connectivity index (χ4v) is 3.66. The Morgan fingerprint density at radius 1 is 1.25 bits per heavy atom. The number of hydrogen-bond acceptors (Lipinski definition) is 4. The molecule has 0 radical (unpaired) electrons. The minimum absolute atomic E-state index is 0.414. The highest BCUT2D eigenvalue weighted by atomic mass is 79.9. The zero-order valence-electron chi connectivity index (χ0n) is 11.5. The van der Waals surface area contributed by atoms with Crippen LogP contribution in [0, 0.1) is 0 Å². The first-order valence-corrected chi connectivity index (χ1v) is 8.26. The molecule has 3 aliphatic rings. The zero-order chi connectivity index (χ0) is 13.6. The van der Waals surface area contributed by atoms with E-state index in [1.54, 1.807) is 0 Å². The molecule has 0 unspecified atom stereocenters. The molecule has 1 aromatic rings. The summed E-state index contributed by atoms with van der Waals surface area (Å²) in [6.45, 7) is 2.73. The van der Waals surface area contributed by atoms with Gasteiger partial charge >= 0.3 is 0 Å². The van der Waals surface area contributed by atoms with E-state index in [4.69, 9.17) is 9.47 Å². The summed E-state index contributed by atoms with van der Waals surface area (Å²) in [5, 5.41) is 0. The smallest absolute Gasteiger partial charge is 0.213 e. The van der Waals surface area contributed by atoms with Gasteiger partial charge in [-0.3, -0.25) is 4.90 Å². The number of aromatic nitrogens is 1. The molecule has 1 saturated carbocycles. The van der Waals surface area contributed by atoms with Gasteiger partial charge in [0.1, 0.15) is 16.0 Å². The molecular formula is C15H19BrN2O2. The average Bonchev–Trinajstić information content (AvgIpc) is 2.40. The van der Waals surface area contributed by atoms with Crippen LogP contribution in [-0.2, 0) is 11.3 Å². The molecule has 4 rings (SSSR count). The number of hydrogen-bond donors (Lipinski definition) is 0. The van der Waals surface area contributed by atoms with Crippen LogP contribution in [0.1, 0.15) is 37.8 Å². The number of nitrogens with zero attached hydrogens (tertiary/aromatic N) is 2. The van der Waals surface area contributed by atoms with Crippen molar-refractivity contribution in [3.63, 3.8) is 0 Å². The first-order chi connectivity index (χ1) is 9.74. The van der Waals surface area contributed by atoms with E-state index < -0.39 is 5.79 Å². The summed E-state index contributed by atoms with van der Waals surface area (Å²) in [6.07, 6.45) is 6.05. The van der Waals surface area contributed by atoms with Gasteiger partial charge < -0.3 is 9.47 Å². The number of pyridine rings is 1. The minimum atomic E-state index is -0.414. The number of halogens is 1. The summed E-state index contributed by atoms with van der Waals surface area (Å²) < 4.78 is 13.0. The van der Waals surface area contributed by atoms with Gasteiger partial charge in [0.05, 0.1) is 6.61 Å². The maximum Gasteiger partial charge on any atom is 0.213 e. The lowest BCUT2D eigenvalue weighted by Crippen LogP contribution is -2.54. The van der Waals surface area contributed by atoms with Gasteiger partial charge in [0.25, 0.3) is 0 Å². The first kappa shape index (κ1) is 13.0. The van der Waals surface area contributed by atoms with Crippen molar-refractivity contribution < 1.29 is 9.47 Å². The molecule has 0 aromatic carbocycles. The highest BCUT2D eigenvalue weighted by Crippen LogP contribution is 2.38. The van der Waals surface area contributed by atoms with E-state index in [9.17, 15) is 0 Å². The van der Waals surface area contributed by atoms with Crippen molar-refractivity contribution in [2.75, 3.05) is 13.1 Å². The normalized spacial score (nSPS) is 25.9. The van der Waals surface area contributed by atoms with Crippen molar-refractivity contribution >= 4 is 15.9 Å². The van der Waals surface area contributed by atoms with Crippen molar-refractivity contribution in [2.24, 2.45) is 0 Å². The third kappa shape index (κ3) is 2.26. The molecule has 5 heteroatoms. The lowest BCUT2D eigenvalue weighted by atomic mass is 9.89. The zero-order valence-corrected chi connectivity index (χ0v) is 13.1. The lowest BCUT2D eigenvalue weighted by Gasteiger charge is -2.47. The highest BCUT2D eigenvalue weighted by Gasteiger charge is 2.43. The van der Waals surface area contributed by atoms with Crippen molar-refractivity contribution in [3.8, 4) is 5.75 Å². The molecule has 0 N–H and O–H groups in total. The number of fused-ring (bicyclic) bond motifs is 1. The first-order valence-electron chi connectivity index (χ1n) is 7.47. The van der Waals surface area contributed by atoms with Crippen LogP contribution < -0.4 is 4.74 Å². The predicted octanol–water partition coefficient (Wildman–Crippen LogP) is 3.10. The molecule has 2 aliphatic heterocycles. The molecule has 0 bridgehead atoms. The average molecular weight is 339 g/mol. The van der Waals surface area contributed by atoms with E-state index in [0.717, 1.165) is 48.0 Å². The third-order valence-electron chi connectivity index (χ3n) is 4.82. The highest BCUT2D eigenvalue weighted by molar-refractivity contribution is 9.10. The summed E-state index contributed by atoms with van der Waals surface area (Å²) in [5.41, 5.74) is 0.895. The number of ether oxygens (including phenoxy) is 2. The van der Waals surface area contributed by atoms with E-state index in [2.05, 4.69) is 25.8 Å². The summed E-state index contributed by atoms with van der Waals surface area (Å²) in [5.74, 6) is 0.472. The van der Waals surface area contributed by atoms with Crippen LogP contribution in [0.15, 0.2) is 16.7 Å². The molecule has 1 spiro atoms. The lowest BCUT2D eigenvalue weighted by molar-refractivity contribution is -0.232. The third-order valence-corrected chi connectivity index (χ3v) is 5.26. The van der Waals surface area contributed by atoms with Gasteiger partial charge in [0.15, 0.2) is 0 Å². The predicted molar refractivity (Wildman–Crippen MR) is 78.5 cm³/mol. The van der Waals surface area contributed by atoms with E-state index in [-0.39, 0.29) is 0 Å². The van der Waals surface area contributed by atoms with Crippen LogP contribution in [0.25, 0.3) is 0 Å². The van der Waals surface area contributed by atoms with Crippen LogP contribution in [0.3, 0.4) is 0 Å². The Balaban J connectivity index is 1.46. The van der Waals surface area contributed by atoms with Gasteiger partial charge in [-0.15, -0.1) is 0 Å². The second-order valence-corrected chi connectivity index (χ2v) is 6.81. The Bertz CT molecular complexity index is 511. The Morgan fingerprint density at radius 3 is 2.75 bits per heavy atom. The number of likely N-dealkylation sites (tertiary alicyclic amines) is 1. The largest absolute Gasteiger partial charge is 0.460 e. The Labute approximate surface area is 127 Å². The van der Waals surface area contributed by atoms with Crippen molar-refractivity contribution in [1.29, 1.82) is 0 Å². The summed E-state index contributed by atoms with van der Waals surface area (Å²) in [4.78, 5) is 7.02. The van der Waals surface area contributed by atoms with Gasteiger partial charge in [0, 0.05) is 32.0 Å². The van der Waals surface area contributed by atoms with Crippen LogP contribution in [-0.4, -0.2) is 34.8 Å². The van der Waals surface area contributed by atoms with Crippen molar-refractivity contribution in [2.45, 2.75) is 50.5 Å². The fraction of sp³-hybridized carbons (Fsp3) is 0.667.